The van der Waals surface area contributed by atoms with Crippen LogP contribution in [0.3, 0.4) is 0 Å². The van der Waals surface area contributed by atoms with Crippen molar-refractivity contribution in [1.82, 2.24) is 4.57 Å². The van der Waals surface area contributed by atoms with Crippen LogP contribution in [0.5, 0.6) is 0 Å². The van der Waals surface area contributed by atoms with Gasteiger partial charge < -0.3 is 13.9 Å². The Morgan fingerprint density at radius 3 is 1.65 bits per heavy atom. The number of nitrogens with zero attached hydrogens (tertiary/aromatic N) is 2. The first-order valence-electron chi connectivity index (χ1n) is 22.2. The van der Waals surface area contributed by atoms with E-state index in [9.17, 15) is 0 Å². The van der Waals surface area contributed by atoms with Gasteiger partial charge in [-0.1, -0.05) is 176 Å². The highest BCUT2D eigenvalue weighted by molar-refractivity contribution is 6.11. The van der Waals surface area contributed by atoms with Gasteiger partial charge in [-0.3, -0.25) is 0 Å². The van der Waals surface area contributed by atoms with Crippen LogP contribution in [0.2, 0.25) is 0 Å². The molecule has 0 saturated heterocycles. The van der Waals surface area contributed by atoms with Gasteiger partial charge in [-0.2, -0.15) is 0 Å². The minimum absolute atomic E-state index is 0.904. The lowest BCUT2D eigenvalue weighted by molar-refractivity contribution is 0.670. The molecule has 0 aliphatic carbocycles. The molecule has 0 radical (unpaired) electrons. The molecule has 2 aromatic heterocycles. The van der Waals surface area contributed by atoms with Crippen LogP contribution in [-0.2, 0) is 0 Å². The van der Waals surface area contributed by atoms with Crippen LogP contribution in [0.15, 0.2) is 247 Å². The number of fused-ring (bicyclic) bond motifs is 9. The van der Waals surface area contributed by atoms with E-state index in [1.54, 1.807) is 0 Å². The molecule has 11 aromatic carbocycles. The fourth-order valence-corrected chi connectivity index (χ4v) is 10.1. The van der Waals surface area contributed by atoms with Crippen molar-refractivity contribution in [1.29, 1.82) is 0 Å². The number of para-hydroxylation sites is 5. The molecule has 0 atom stereocenters. The maximum Gasteiger partial charge on any atom is 0.143 e. The second-order valence-corrected chi connectivity index (χ2v) is 16.9. The maximum absolute atomic E-state index is 6.45. The van der Waals surface area contributed by atoms with Crippen molar-refractivity contribution in [2.75, 3.05) is 4.90 Å². The van der Waals surface area contributed by atoms with Crippen LogP contribution in [0, 0.1) is 0 Å². The zero-order valence-corrected chi connectivity index (χ0v) is 35.4. The van der Waals surface area contributed by atoms with Crippen LogP contribution in [0.1, 0.15) is 0 Å². The summed E-state index contributed by atoms with van der Waals surface area (Å²) >= 11 is 0. The number of hydrogen-bond acceptors (Lipinski definition) is 2. The number of hydrogen-bond donors (Lipinski definition) is 0. The molecule has 0 amide bonds. The SMILES string of the molecule is c1cc(-c2ccc(N(c3ccc(-c4cccc5c4oc4ccccc45)cc3)c3ccc4c(ccc5ccccc54)c3)cc2)cc(-c2ccccc2-n2c3ccccc3c3ccccc32)c1. The van der Waals surface area contributed by atoms with Crippen molar-refractivity contribution in [2.45, 2.75) is 0 Å². The Morgan fingerprint density at radius 1 is 0.308 bits per heavy atom. The Balaban J connectivity index is 0.894. The quantitative estimate of drug-likeness (QED) is 0.149. The molecular formula is C62H40N2O. The van der Waals surface area contributed by atoms with Gasteiger partial charge in [-0.15, -0.1) is 0 Å². The zero-order valence-electron chi connectivity index (χ0n) is 35.4. The first-order valence-corrected chi connectivity index (χ1v) is 22.2. The van der Waals surface area contributed by atoms with E-state index in [0.717, 1.165) is 61.4 Å². The second kappa shape index (κ2) is 15.0. The molecule has 0 N–H and O–H groups in total. The molecule has 0 bridgehead atoms. The lowest BCUT2D eigenvalue weighted by Crippen LogP contribution is -2.09. The number of benzene rings is 11. The maximum atomic E-state index is 6.45. The van der Waals surface area contributed by atoms with Crippen molar-refractivity contribution < 1.29 is 4.42 Å². The van der Waals surface area contributed by atoms with E-state index in [1.807, 2.05) is 12.1 Å². The number of rotatable bonds is 7. The molecule has 0 spiro atoms. The third-order valence-corrected chi connectivity index (χ3v) is 13.2. The predicted octanol–water partition coefficient (Wildman–Crippen LogP) is 17.5. The van der Waals surface area contributed by atoms with E-state index < -0.39 is 0 Å². The average Bonchev–Trinajstić information content (AvgIpc) is 3.93. The summed E-state index contributed by atoms with van der Waals surface area (Å²) in [6, 6.07) is 87.7. The molecule has 0 aliphatic heterocycles. The molecule has 2 heterocycles. The van der Waals surface area contributed by atoms with Gasteiger partial charge >= 0.3 is 0 Å². The summed E-state index contributed by atoms with van der Waals surface area (Å²) in [6.45, 7) is 0. The largest absolute Gasteiger partial charge is 0.455 e. The molecule has 0 unspecified atom stereocenters. The van der Waals surface area contributed by atoms with E-state index in [1.165, 1.54) is 60.0 Å². The van der Waals surface area contributed by atoms with Gasteiger partial charge in [0, 0.05) is 49.7 Å². The smallest absolute Gasteiger partial charge is 0.143 e. The third-order valence-electron chi connectivity index (χ3n) is 13.2. The Labute approximate surface area is 376 Å². The normalized spacial score (nSPS) is 11.7. The molecule has 3 nitrogen and oxygen atoms in total. The van der Waals surface area contributed by atoms with Gasteiger partial charge in [-0.25, -0.2) is 0 Å². The van der Waals surface area contributed by atoms with E-state index in [2.05, 4.69) is 240 Å². The molecular weight excluding hydrogens is 789 g/mol. The van der Waals surface area contributed by atoms with Crippen molar-refractivity contribution in [3.63, 3.8) is 0 Å². The van der Waals surface area contributed by atoms with Crippen LogP contribution >= 0.6 is 0 Å². The van der Waals surface area contributed by atoms with Crippen molar-refractivity contribution in [3.05, 3.63) is 243 Å². The summed E-state index contributed by atoms with van der Waals surface area (Å²) in [5, 5.41) is 9.74. The molecule has 65 heavy (non-hydrogen) atoms. The molecule has 0 aliphatic rings. The monoisotopic (exact) mass is 828 g/mol. The summed E-state index contributed by atoms with van der Waals surface area (Å²) in [6.07, 6.45) is 0. The first kappa shape index (κ1) is 36.9. The standard InChI is InChI=1S/C62H40N2O/c1-2-16-50-42(13-1)27-28-46-40-49(37-38-51(46)50)63(48-35-31-43(32-36-48)53-21-12-22-57-56-20-6-10-26-61(56)65-62(53)57)47-33-29-41(30-34-47)44-14-11-15-45(39-44)52-17-3-7-23-58(52)64-59-24-8-4-18-54(59)55-19-5-9-25-60(55)64/h1-40H. The topological polar surface area (TPSA) is 21.3 Å². The van der Waals surface area contributed by atoms with E-state index in [0.29, 0.717) is 0 Å². The number of aromatic nitrogens is 1. The lowest BCUT2D eigenvalue weighted by Gasteiger charge is -2.26. The lowest BCUT2D eigenvalue weighted by atomic mass is 9.97. The van der Waals surface area contributed by atoms with E-state index in [-0.39, 0.29) is 0 Å². The van der Waals surface area contributed by atoms with Crippen LogP contribution in [0.25, 0.3) is 104 Å². The summed E-state index contributed by atoms with van der Waals surface area (Å²) in [5.74, 6) is 0. The van der Waals surface area contributed by atoms with Crippen molar-refractivity contribution in [3.8, 4) is 39.1 Å². The summed E-state index contributed by atoms with van der Waals surface area (Å²) < 4.78 is 8.86. The summed E-state index contributed by atoms with van der Waals surface area (Å²) in [7, 11) is 0. The minimum atomic E-state index is 0.904. The fourth-order valence-electron chi connectivity index (χ4n) is 10.1. The van der Waals surface area contributed by atoms with E-state index >= 15 is 0 Å². The van der Waals surface area contributed by atoms with Crippen LogP contribution in [0.4, 0.5) is 17.1 Å². The Bertz CT molecular complexity index is 3900. The molecule has 13 rings (SSSR count). The minimum Gasteiger partial charge on any atom is -0.455 e. The predicted molar refractivity (Wildman–Crippen MR) is 274 cm³/mol. The van der Waals surface area contributed by atoms with Gasteiger partial charge in [0.25, 0.3) is 0 Å². The van der Waals surface area contributed by atoms with Crippen LogP contribution in [-0.4, -0.2) is 4.57 Å². The molecule has 0 fully saturated rings. The number of furan rings is 1. The molecule has 304 valence electrons. The average molecular weight is 829 g/mol. The van der Waals surface area contributed by atoms with Gasteiger partial charge in [0.2, 0.25) is 0 Å². The van der Waals surface area contributed by atoms with Gasteiger partial charge in [-0.05, 0) is 111 Å². The third kappa shape index (κ3) is 6.12. The number of anilines is 3. The Hall–Kier alpha value is -8.66. The van der Waals surface area contributed by atoms with Gasteiger partial charge in [0.15, 0.2) is 0 Å². The van der Waals surface area contributed by atoms with E-state index in [4.69, 9.17) is 4.42 Å². The summed E-state index contributed by atoms with van der Waals surface area (Å²) in [5.41, 5.74) is 15.5. The second-order valence-electron chi connectivity index (χ2n) is 16.9. The highest BCUT2D eigenvalue weighted by Crippen LogP contribution is 2.42. The Morgan fingerprint density at radius 2 is 0.862 bits per heavy atom. The zero-order chi connectivity index (χ0) is 42.8. The molecule has 13 aromatic rings. The van der Waals surface area contributed by atoms with Gasteiger partial charge in [0.1, 0.15) is 11.2 Å². The molecule has 0 saturated carbocycles. The van der Waals surface area contributed by atoms with Crippen molar-refractivity contribution >= 4 is 82.4 Å². The summed E-state index contributed by atoms with van der Waals surface area (Å²) in [4.78, 5) is 2.36. The van der Waals surface area contributed by atoms with Crippen molar-refractivity contribution in [2.24, 2.45) is 0 Å². The van der Waals surface area contributed by atoms with Crippen LogP contribution < -0.4 is 4.90 Å². The molecule has 3 heteroatoms. The fraction of sp³-hybridized carbons (Fsp3) is 0. The Kier molecular flexibility index (Phi) is 8.53. The first-order chi connectivity index (χ1) is 32.2. The highest BCUT2D eigenvalue weighted by Gasteiger charge is 2.18. The van der Waals surface area contributed by atoms with Gasteiger partial charge in [0.05, 0.1) is 16.7 Å². The highest BCUT2D eigenvalue weighted by atomic mass is 16.3.